The summed E-state index contributed by atoms with van der Waals surface area (Å²) in [6, 6.07) is 14.5. The van der Waals surface area contributed by atoms with Gasteiger partial charge in [0.25, 0.3) is 5.91 Å². The van der Waals surface area contributed by atoms with E-state index in [2.05, 4.69) is 15.5 Å². The van der Waals surface area contributed by atoms with Gasteiger partial charge in [-0.15, -0.1) is 11.3 Å². The largest absolute Gasteiger partial charge is 0.271 e. The van der Waals surface area contributed by atoms with E-state index in [9.17, 15) is 4.79 Å². The zero-order chi connectivity index (χ0) is 15.5. The minimum atomic E-state index is -0.280. The number of hydrazone groups is 1. The van der Waals surface area contributed by atoms with Crippen molar-refractivity contribution in [3.8, 4) is 0 Å². The van der Waals surface area contributed by atoms with E-state index in [0.29, 0.717) is 16.3 Å². The van der Waals surface area contributed by atoms with Crippen molar-refractivity contribution < 1.29 is 4.79 Å². The number of amides is 1. The van der Waals surface area contributed by atoms with Crippen molar-refractivity contribution >= 4 is 44.8 Å². The van der Waals surface area contributed by atoms with Gasteiger partial charge in [0.15, 0.2) is 0 Å². The Hall–Kier alpha value is -2.24. The molecule has 22 heavy (non-hydrogen) atoms. The van der Waals surface area contributed by atoms with Crippen molar-refractivity contribution in [2.24, 2.45) is 5.10 Å². The van der Waals surface area contributed by atoms with Crippen molar-refractivity contribution in [1.29, 1.82) is 0 Å². The molecule has 0 aliphatic carbocycles. The van der Waals surface area contributed by atoms with Gasteiger partial charge in [0.1, 0.15) is 5.01 Å². The average molecular weight is 330 g/mol. The Bertz CT molecular complexity index is 822. The average Bonchev–Trinajstić information content (AvgIpc) is 2.97. The molecule has 0 radical (unpaired) electrons. The molecule has 1 aromatic heterocycles. The number of rotatable bonds is 3. The van der Waals surface area contributed by atoms with Gasteiger partial charge in [-0.05, 0) is 43.3 Å². The molecule has 4 nitrogen and oxygen atoms in total. The molecule has 2 aromatic carbocycles. The normalized spacial score (nSPS) is 11.6. The van der Waals surface area contributed by atoms with Gasteiger partial charge in [-0.3, -0.25) is 4.79 Å². The van der Waals surface area contributed by atoms with Crippen LogP contribution in [-0.2, 0) is 0 Å². The molecule has 0 unspecified atom stereocenters. The fourth-order valence-electron chi connectivity index (χ4n) is 1.88. The molecular weight excluding hydrogens is 318 g/mol. The molecule has 1 heterocycles. The summed E-state index contributed by atoms with van der Waals surface area (Å²) in [5, 5.41) is 5.50. The Labute approximate surface area is 136 Å². The molecule has 0 spiro atoms. The summed E-state index contributed by atoms with van der Waals surface area (Å²) >= 11 is 7.34. The van der Waals surface area contributed by atoms with Gasteiger partial charge in [-0.1, -0.05) is 23.7 Å². The predicted molar refractivity (Wildman–Crippen MR) is 90.7 cm³/mol. The van der Waals surface area contributed by atoms with E-state index in [4.69, 9.17) is 11.6 Å². The minimum Gasteiger partial charge on any atom is -0.267 e. The van der Waals surface area contributed by atoms with Gasteiger partial charge < -0.3 is 0 Å². The van der Waals surface area contributed by atoms with E-state index in [1.165, 1.54) is 0 Å². The number of nitrogens with one attached hydrogen (secondary N) is 1. The monoisotopic (exact) mass is 329 g/mol. The number of hydrogen-bond acceptors (Lipinski definition) is 4. The molecule has 3 aromatic rings. The lowest BCUT2D eigenvalue weighted by atomic mass is 10.2. The van der Waals surface area contributed by atoms with Crippen molar-refractivity contribution in [1.82, 2.24) is 10.4 Å². The van der Waals surface area contributed by atoms with Crippen molar-refractivity contribution in [2.45, 2.75) is 6.92 Å². The van der Waals surface area contributed by atoms with Crippen LogP contribution < -0.4 is 5.43 Å². The number of aromatic nitrogens is 1. The number of hydrogen-bond donors (Lipinski definition) is 1. The fourth-order valence-corrected chi connectivity index (χ4v) is 2.91. The Morgan fingerprint density at radius 2 is 1.91 bits per heavy atom. The summed E-state index contributed by atoms with van der Waals surface area (Å²) in [7, 11) is 0. The predicted octanol–water partition coefficient (Wildman–Crippen LogP) is 4.10. The highest BCUT2D eigenvalue weighted by Crippen LogP contribution is 2.21. The van der Waals surface area contributed by atoms with E-state index in [1.807, 2.05) is 31.2 Å². The maximum absolute atomic E-state index is 12.0. The smallest absolute Gasteiger partial charge is 0.267 e. The summed E-state index contributed by atoms with van der Waals surface area (Å²) < 4.78 is 1.09. The molecule has 110 valence electrons. The first kappa shape index (κ1) is 14.7. The van der Waals surface area contributed by atoms with E-state index in [1.54, 1.807) is 35.6 Å². The summed E-state index contributed by atoms with van der Waals surface area (Å²) in [4.78, 5) is 16.5. The summed E-state index contributed by atoms with van der Waals surface area (Å²) in [6.07, 6.45) is 0. The van der Waals surface area contributed by atoms with Crippen molar-refractivity contribution in [3.05, 3.63) is 64.1 Å². The molecule has 1 amide bonds. The quantitative estimate of drug-likeness (QED) is 0.581. The highest BCUT2D eigenvalue weighted by molar-refractivity contribution is 7.20. The fraction of sp³-hybridized carbons (Fsp3) is 0.0625. The number of para-hydroxylation sites is 1. The Morgan fingerprint density at radius 1 is 1.18 bits per heavy atom. The van der Waals surface area contributed by atoms with Gasteiger partial charge in [-0.2, -0.15) is 5.10 Å². The van der Waals surface area contributed by atoms with Crippen LogP contribution in [0, 0.1) is 0 Å². The Kier molecular flexibility index (Phi) is 4.18. The van der Waals surface area contributed by atoms with Crippen molar-refractivity contribution in [3.63, 3.8) is 0 Å². The molecule has 0 aliphatic rings. The molecule has 0 saturated heterocycles. The Morgan fingerprint density at radius 3 is 2.64 bits per heavy atom. The summed E-state index contributed by atoms with van der Waals surface area (Å²) in [5.74, 6) is -0.280. The van der Waals surface area contributed by atoms with Crippen LogP contribution in [0.5, 0.6) is 0 Å². The molecule has 0 saturated carbocycles. The van der Waals surface area contributed by atoms with Crippen LogP contribution in [0.3, 0.4) is 0 Å². The number of halogens is 1. The first-order valence-corrected chi connectivity index (χ1v) is 7.79. The molecule has 0 aliphatic heterocycles. The lowest BCUT2D eigenvalue weighted by Crippen LogP contribution is -2.19. The lowest BCUT2D eigenvalue weighted by molar-refractivity contribution is 0.0955. The van der Waals surface area contributed by atoms with Crippen LogP contribution in [0.1, 0.15) is 22.3 Å². The second kappa shape index (κ2) is 6.25. The van der Waals surface area contributed by atoms with Gasteiger partial charge in [0, 0.05) is 10.6 Å². The number of nitrogens with zero attached hydrogens (tertiary/aromatic N) is 2. The van der Waals surface area contributed by atoms with Crippen LogP contribution in [0.25, 0.3) is 10.2 Å². The van der Waals surface area contributed by atoms with Gasteiger partial charge >= 0.3 is 0 Å². The number of benzene rings is 2. The molecule has 0 atom stereocenters. The van der Waals surface area contributed by atoms with Gasteiger partial charge in [0.2, 0.25) is 0 Å². The topological polar surface area (TPSA) is 54.4 Å². The van der Waals surface area contributed by atoms with Crippen LogP contribution in [0.4, 0.5) is 0 Å². The lowest BCUT2D eigenvalue weighted by Gasteiger charge is -2.01. The van der Waals surface area contributed by atoms with E-state index in [0.717, 1.165) is 15.2 Å². The zero-order valence-corrected chi connectivity index (χ0v) is 13.3. The number of thiazole rings is 1. The third kappa shape index (κ3) is 3.16. The van der Waals surface area contributed by atoms with Crippen molar-refractivity contribution in [2.75, 3.05) is 0 Å². The maximum Gasteiger partial charge on any atom is 0.271 e. The maximum atomic E-state index is 12.0. The first-order valence-electron chi connectivity index (χ1n) is 6.59. The first-order chi connectivity index (χ1) is 10.6. The van der Waals surface area contributed by atoms with Crippen LogP contribution >= 0.6 is 22.9 Å². The van der Waals surface area contributed by atoms with Gasteiger partial charge in [-0.25, -0.2) is 10.4 Å². The van der Waals surface area contributed by atoms with E-state index >= 15 is 0 Å². The number of fused-ring (bicyclic) bond motifs is 1. The standard InChI is InChI=1S/C16H12ClN3OS/c1-10(16-18-13-4-2-3-5-14(13)22-16)19-20-15(21)11-6-8-12(17)9-7-11/h2-9H,1H3,(H,20,21)/b19-10-. The summed E-state index contributed by atoms with van der Waals surface area (Å²) in [6.45, 7) is 1.82. The second-order valence-corrected chi connectivity index (χ2v) is 6.10. The molecule has 3 rings (SSSR count). The number of carbonyl (C=O) groups excluding carboxylic acids is 1. The second-order valence-electron chi connectivity index (χ2n) is 4.63. The molecule has 1 N–H and O–H groups in total. The van der Waals surface area contributed by atoms with Crippen LogP contribution in [0.2, 0.25) is 5.02 Å². The molecule has 0 fully saturated rings. The molecule has 6 heteroatoms. The van der Waals surface area contributed by atoms with Crippen LogP contribution in [-0.4, -0.2) is 16.6 Å². The zero-order valence-electron chi connectivity index (χ0n) is 11.7. The van der Waals surface area contributed by atoms with E-state index in [-0.39, 0.29) is 5.91 Å². The number of carbonyl (C=O) groups is 1. The minimum absolute atomic E-state index is 0.280. The SMILES string of the molecule is C/C(=N/NC(=O)c1ccc(Cl)cc1)c1nc2ccccc2s1. The molecular formula is C16H12ClN3OS. The third-order valence-corrected chi connectivity index (χ3v) is 4.43. The highest BCUT2D eigenvalue weighted by Gasteiger charge is 2.08. The van der Waals surface area contributed by atoms with Gasteiger partial charge in [0.05, 0.1) is 15.9 Å². The Balaban J connectivity index is 1.76. The molecule has 0 bridgehead atoms. The highest BCUT2D eigenvalue weighted by atomic mass is 35.5. The van der Waals surface area contributed by atoms with Crippen LogP contribution in [0.15, 0.2) is 53.6 Å². The third-order valence-electron chi connectivity index (χ3n) is 3.03. The van der Waals surface area contributed by atoms with E-state index < -0.39 is 0 Å². The summed E-state index contributed by atoms with van der Waals surface area (Å²) in [5.41, 5.74) is 4.64.